The number of aromatic nitrogens is 3. The van der Waals surface area contributed by atoms with Crippen molar-refractivity contribution >= 4 is 17.4 Å². The number of nitrogens with zero attached hydrogens (tertiary/aromatic N) is 3. The van der Waals surface area contributed by atoms with Gasteiger partial charge in [-0.05, 0) is 42.3 Å². The highest BCUT2D eigenvalue weighted by Crippen LogP contribution is 2.13. The molecule has 0 amide bonds. The molecular formula is C13H12ClN3O2. The summed E-state index contributed by atoms with van der Waals surface area (Å²) in [6, 6.07) is 4.88. The summed E-state index contributed by atoms with van der Waals surface area (Å²) in [7, 11) is 0. The monoisotopic (exact) mass is 277 g/mol. The van der Waals surface area contributed by atoms with Crippen LogP contribution in [0.25, 0.3) is 0 Å². The Kier molecular flexibility index (Phi) is 4.19. The minimum Gasteiger partial charge on any atom is -0.389 e. The summed E-state index contributed by atoms with van der Waals surface area (Å²) < 4.78 is 0. The van der Waals surface area contributed by atoms with Crippen LogP contribution in [0, 0.1) is 0 Å². The Hall–Kier alpha value is -1.85. The van der Waals surface area contributed by atoms with Gasteiger partial charge in [-0.2, -0.15) is 0 Å². The molecule has 0 saturated heterocycles. The Morgan fingerprint density at radius 1 is 1.37 bits per heavy atom. The van der Waals surface area contributed by atoms with Gasteiger partial charge in [-0.15, -0.1) is 0 Å². The molecule has 5 nitrogen and oxygen atoms in total. The van der Waals surface area contributed by atoms with E-state index in [1.165, 1.54) is 12.4 Å². The molecule has 0 aliphatic heterocycles. The Bertz CT molecular complexity index is 602. The van der Waals surface area contributed by atoms with Crippen LogP contribution in [0.4, 0.5) is 0 Å². The van der Waals surface area contributed by atoms with Crippen LogP contribution in [0.1, 0.15) is 34.8 Å². The fraction of sp³-hybridized carbons (Fsp3) is 0.231. The van der Waals surface area contributed by atoms with Crippen LogP contribution in [0.15, 0.2) is 30.6 Å². The van der Waals surface area contributed by atoms with Gasteiger partial charge in [0.1, 0.15) is 5.69 Å². The van der Waals surface area contributed by atoms with Gasteiger partial charge in [-0.3, -0.25) is 9.78 Å². The van der Waals surface area contributed by atoms with E-state index < -0.39 is 6.10 Å². The largest absolute Gasteiger partial charge is 0.389 e. The van der Waals surface area contributed by atoms with Gasteiger partial charge in [0, 0.05) is 12.4 Å². The van der Waals surface area contributed by atoms with E-state index in [0.29, 0.717) is 17.0 Å². The maximum atomic E-state index is 12.1. The molecule has 0 aliphatic rings. The first-order valence-electron chi connectivity index (χ1n) is 5.71. The number of pyridine rings is 1. The number of carbonyl (C=O) groups excluding carboxylic acids is 1. The second kappa shape index (κ2) is 5.86. The minimum absolute atomic E-state index is 0.0957. The summed E-state index contributed by atoms with van der Waals surface area (Å²) in [5.74, 6) is -0.183. The van der Waals surface area contributed by atoms with Gasteiger partial charge in [-0.1, -0.05) is 0 Å². The number of halogens is 1. The van der Waals surface area contributed by atoms with Crippen molar-refractivity contribution in [2.75, 3.05) is 0 Å². The van der Waals surface area contributed by atoms with E-state index in [4.69, 9.17) is 11.6 Å². The molecule has 2 rings (SSSR count). The molecule has 19 heavy (non-hydrogen) atoms. The van der Waals surface area contributed by atoms with E-state index >= 15 is 0 Å². The predicted octanol–water partition coefficient (Wildman–Crippen LogP) is 2.00. The average molecular weight is 278 g/mol. The predicted molar refractivity (Wildman–Crippen MR) is 69.9 cm³/mol. The fourth-order valence-electron chi connectivity index (χ4n) is 1.58. The first-order valence-corrected chi connectivity index (χ1v) is 6.08. The molecule has 2 heterocycles. The quantitative estimate of drug-likeness (QED) is 0.683. The second-order valence-corrected chi connectivity index (χ2v) is 4.41. The number of Topliss-reactive ketones (excluding diaryl/α,β-unsaturated/α-hetero) is 1. The highest BCUT2D eigenvalue weighted by Gasteiger charge is 2.12. The van der Waals surface area contributed by atoms with Crippen molar-refractivity contribution in [2.24, 2.45) is 0 Å². The number of aliphatic hydroxyl groups is 1. The van der Waals surface area contributed by atoms with E-state index in [9.17, 15) is 9.90 Å². The van der Waals surface area contributed by atoms with Gasteiger partial charge in [0.05, 0.1) is 18.2 Å². The third-order valence-corrected chi connectivity index (χ3v) is 2.76. The Labute approximate surface area is 115 Å². The Morgan fingerprint density at radius 3 is 2.79 bits per heavy atom. The van der Waals surface area contributed by atoms with Crippen molar-refractivity contribution in [1.82, 2.24) is 15.0 Å². The second-order valence-electron chi connectivity index (χ2n) is 4.07. The molecule has 2 aromatic heterocycles. The Balaban J connectivity index is 2.18. The summed E-state index contributed by atoms with van der Waals surface area (Å²) in [5, 5.41) is 9.59. The maximum absolute atomic E-state index is 12.1. The van der Waals surface area contributed by atoms with Gasteiger partial charge < -0.3 is 5.11 Å². The summed E-state index contributed by atoms with van der Waals surface area (Å²) in [5.41, 5.74) is 1.49. The first-order chi connectivity index (χ1) is 9.06. The number of ketones is 1. The van der Waals surface area contributed by atoms with Crippen LogP contribution >= 0.6 is 11.6 Å². The van der Waals surface area contributed by atoms with Crippen molar-refractivity contribution in [1.29, 1.82) is 0 Å². The van der Waals surface area contributed by atoms with E-state index in [2.05, 4.69) is 15.0 Å². The highest BCUT2D eigenvalue weighted by molar-refractivity contribution is 6.28. The van der Waals surface area contributed by atoms with Crippen molar-refractivity contribution < 1.29 is 9.90 Å². The molecule has 0 spiro atoms. The van der Waals surface area contributed by atoms with E-state index in [1.807, 2.05) is 0 Å². The van der Waals surface area contributed by atoms with E-state index in [1.54, 1.807) is 25.1 Å². The van der Waals surface area contributed by atoms with Gasteiger partial charge in [0.15, 0.2) is 5.78 Å². The standard InChI is InChI=1S/C13H12ClN3O2/c1-8(18)9-2-4-15-11(6-9)12(19)7-10-3-5-16-13(14)17-10/h2-6,8,18H,7H2,1H3. The van der Waals surface area contributed by atoms with Crippen molar-refractivity contribution in [3.05, 3.63) is 52.8 Å². The molecule has 2 aromatic rings. The van der Waals surface area contributed by atoms with Crippen LogP contribution in [0.2, 0.25) is 5.28 Å². The van der Waals surface area contributed by atoms with Crippen LogP contribution in [-0.4, -0.2) is 25.8 Å². The molecule has 0 radical (unpaired) electrons. The lowest BCUT2D eigenvalue weighted by Crippen LogP contribution is -2.08. The van der Waals surface area contributed by atoms with Crippen LogP contribution in [0.3, 0.4) is 0 Å². The molecule has 0 aromatic carbocycles. The maximum Gasteiger partial charge on any atom is 0.222 e. The van der Waals surface area contributed by atoms with Crippen molar-refractivity contribution in [2.45, 2.75) is 19.4 Å². The lowest BCUT2D eigenvalue weighted by molar-refractivity contribution is 0.0987. The van der Waals surface area contributed by atoms with E-state index in [-0.39, 0.29) is 17.5 Å². The van der Waals surface area contributed by atoms with E-state index in [0.717, 1.165) is 0 Å². The van der Waals surface area contributed by atoms with Crippen LogP contribution in [0.5, 0.6) is 0 Å². The molecule has 0 fully saturated rings. The molecule has 0 bridgehead atoms. The summed E-state index contributed by atoms with van der Waals surface area (Å²) in [6.07, 6.45) is 2.46. The lowest BCUT2D eigenvalue weighted by atomic mass is 10.1. The third kappa shape index (κ3) is 3.56. The molecule has 1 N–H and O–H groups in total. The summed E-state index contributed by atoms with van der Waals surface area (Å²) >= 11 is 5.66. The number of hydrogen-bond donors (Lipinski definition) is 1. The number of aliphatic hydroxyl groups excluding tert-OH is 1. The zero-order chi connectivity index (χ0) is 13.8. The summed E-state index contributed by atoms with van der Waals surface area (Å²) in [4.78, 5) is 23.8. The van der Waals surface area contributed by atoms with Crippen LogP contribution in [-0.2, 0) is 6.42 Å². The molecule has 98 valence electrons. The van der Waals surface area contributed by atoms with Gasteiger partial charge in [0.2, 0.25) is 5.28 Å². The van der Waals surface area contributed by atoms with Crippen molar-refractivity contribution in [3.8, 4) is 0 Å². The molecule has 6 heteroatoms. The van der Waals surface area contributed by atoms with Gasteiger partial charge >= 0.3 is 0 Å². The van der Waals surface area contributed by atoms with Crippen molar-refractivity contribution in [3.63, 3.8) is 0 Å². The topological polar surface area (TPSA) is 76.0 Å². The smallest absolute Gasteiger partial charge is 0.222 e. The summed E-state index contributed by atoms with van der Waals surface area (Å²) in [6.45, 7) is 1.63. The molecule has 0 saturated carbocycles. The Morgan fingerprint density at radius 2 is 2.11 bits per heavy atom. The van der Waals surface area contributed by atoms with Gasteiger partial charge in [-0.25, -0.2) is 9.97 Å². The molecule has 1 atom stereocenters. The molecule has 0 aliphatic carbocycles. The van der Waals surface area contributed by atoms with Gasteiger partial charge in [0.25, 0.3) is 0 Å². The molecular weight excluding hydrogens is 266 g/mol. The average Bonchev–Trinajstić information content (AvgIpc) is 2.39. The lowest BCUT2D eigenvalue weighted by Gasteiger charge is -2.06. The number of rotatable bonds is 4. The van der Waals surface area contributed by atoms with Crippen LogP contribution < -0.4 is 0 Å². The highest BCUT2D eigenvalue weighted by atomic mass is 35.5. The number of carbonyl (C=O) groups is 1. The third-order valence-electron chi connectivity index (χ3n) is 2.58. The first kappa shape index (κ1) is 13.6. The minimum atomic E-state index is -0.636. The molecule has 1 unspecified atom stereocenters. The SMILES string of the molecule is CC(O)c1ccnc(C(=O)Cc2ccnc(Cl)n2)c1. The number of hydrogen-bond acceptors (Lipinski definition) is 5. The normalized spacial score (nSPS) is 12.2. The zero-order valence-corrected chi connectivity index (χ0v) is 11.0. The fourth-order valence-corrected chi connectivity index (χ4v) is 1.75. The zero-order valence-electron chi connectivity index (χ0n) is 10.2.